The fraction of sp³-hybridized carbons (Fsp3) is 0.429. The summed E-state index contributed by atoms with van der Waals surface area (Å²) >= 11 is 0. The third-order valence-electron chi connectivity index (χ3n) is 2.86. The second kappa shape index (κ2) is 6.22. The lowest BCUT2D eigenvalue weighted by atomic mass is 10.3. The van der Waals surface area contributed by atoms with Crippen LogP contribution in [0.15, 0.2) is 24.3 Å². The molecule has 0 spiro atoms. The number of nitrogens with one attached hydrogen (secondary N) is 2. The van der Waals surface area contributed by atoms with E-state index in [1.54, 1.807) is 0 Å². The third-order valence-corrected chi connectivity index (χ3v) is 2.86. The Labute approximate surface area is 113 Å². The van der Waals surface area contributed by atoms with Crippen LogP contribution in [0.3, 0.4) is 0 Å². The molecule has 0 atom stereocenters. The number of para-hydroxylation sites is 2. The first-order valence-electron chi connectivity index (χ1n) is 6.72. The first-order chi connectivity index (χ1) is 9.26. The van der Waals surface area contributed by atoms with Crippen LogP contribution < -0.4 is 10.6 Å². The van der Waals surface area contributed by atoms with E-state index in [4.69, 9.17) is 0 Å². The monoisotopic (exact) mass is 260 g/mol. The van der Waals surface area contributed by atoms with E-state index >= 15 is 0 Å². The topological polar surface area (TPSA) is 59.0 Å². The lowest BCUT2D eigenvalue weighted by Crippen LogP contribution is -2.28. The van der Waals surface area contributed by atoms with Crippen molar-refractivity contribution in [2.45, 2.75) is 26.8 Å². The molecule has 1 aromatic carbocycles. The van der Waals surface area contributed by atoms with Crippen molar-refractivity contribution in [3.8, 4) is 0 Å². The number of hydrogen-bond acceptors (Lipinski definition) is 3. The molecule has 2 aromatic rings. The average molecular weight is 260 g/mol. The number of rotatable bonds is 6. The third kappa shape index (κ3) is 3.05. The van der Waals surface area contributed by atoms with Crippen LogP contribution >= 0.6 is 0 Å². The molecule has 1 aromatic heterocycles. The highest BCUT2D eigenvalue weighted by Gasteiger charge is 2.12. The first-order valence-corrected chi connectivity index (χ1v) is 6.72. The van der Waals surface area contributed by atoms with Crippen LogP contribution in [-0.4, -0.2) is 28.5 Å². The molecule has 1 heterocycles. The number of fused-ring (bicyclic) bond motifs is 1. The van der Waals surface area contributed by atoms with Crippen molar-refractivity contribution in [1.82, 2.24) is 14.9 Å². The summed E-state index contributed by atoms with van der Waals surface area (Å²) in [5, 5.41) is 6.09. The van der Waals surface area contributed by atoms with Crippen LogP contribution in [0.25, 0.3) is 11.0 Å². The molecular formula is C14H20N4O. The molecule has 1 amide bonds. The summed E-state index contributed by atoms with van der Waals surface area (Å²) in [4.78, 5) is 16.4. The predicted octanol–water partition coefficient (Wildman–Crippen LogP) is 1.99. The summed E-state index contributed by atoms with van der Waals surface area (Å²) in [5.41, 5.74) is 1.88. The zero-order chi connectivity index (χ0) is 13.7. The Morgan fingerprint density at radius 2 is 2.11 bits per heavy atom. The van der Waals surface area contributed by atoms with Gasteiger partial charge in [-0.15, -0.1) is 0 Å². The molecule has 0 bridgehead atoms. The summed E-state index contributed by atoms with van der Waals surface area (Å²) in [5.74, 6) is 0.763. The summed E-state index contributed by atoms with van der Waals surface area (Å²) in [7, 11) is 0. The molecule has 2 N–H and O–H groups in total. The van der Waals surface area contributed by atoms with Crippen molar-refractivity contribution in [2.24, 2.45) is 0 Å². The van der Waals surface area contributed by atoms with E-state index in [1.165, 1.54) is 0 Å². The molecule has 0 saturated heterocycles. The van der Waals surface area contributed by atoms with E-state index in [1.807, 2.05) is 42.7 Å². The number of nitrogens with zero attached hydrogens (tertiary/aromatic N) is 2. The number of carbonyl (C=O) groups excluding carboxylic acids is 1. The molecule has 19 heavy (non-hydrogen) atoms. The fourth-order valence-corrected chi connectivity index (χ4v) is 1.99. The standard InChI is InChI=1S/C14H20N4O/c1-3-9-16-13(19)10-18-12-8-6-5-7-11(12)17-14(18)15-4-2/h5-8H,3-4,9-10H2,1-2H3,(H,15,17)(H,16,19). The van der Waals surface area contributed by atoms with Gasteiger partial charge >= 0.3 is 0 Å². The molecule has 5 heteroatoms. The highest BCUT2D eigenvalue weighted by atomic mass is 16.1. The van der Waals surface area contributed by atoms with E-state index in [0.29, 0.717) is 13.1 Å². The normalized spacial score (nSPS) is 10.6. The van der Waals surface area contributed by atoms with Gasteiger partial charge in [-0.25, -0.2) is 4.98 Å². The van der Waals surface area contributed by atoms with Gasteiger partial charge < -0.3 is 15.2 Å². The van der Waals surface area contributed by atoms with Gasteiger partial charge in [-0.1, -0.05) is 19.1 Å². The van der Waals surface area contributed by atoms with E-state index < -0.39 is 0 Å². The molecule has 0 aliphatic rings. The maximum absolute atomic E-state index is 11.9. The van der Waals surface area contributed by atoms with Gasteiger partial charge in [0.2, 0.25) is 11.9 Å². The van der Waals surface area contributed by atoms with Gasteiger partial charge in [0, 0.05) is 13.1 Å². The molecule has 0 unspecified atom stereocenters. The van der Waals surface area contributed by atoms with Crippen molar-refractivity contribution >= 4 is 22.9 Å². The minimum absolute atomic E-state index is 0.0177. The Bertz CT molecular complexity index is 562. The van der Waals surface area contributed by atoms with E-state index in [0.717, 1.165) is 29.9 Å². The van der Waals surface area contributed by atoms with Gasteiger partial charge in [-0.3, -0.25) is 4.79 Å². The largest absolute Gasteiger partial charge is 0.356 e. The number of carbonyl (C=O) groups is 1. The van der Waals surface area contributed by atoms with Gasteiger partial charge in [0.05, 0.1) is 11.0 Å². The van der Waals surface area contributed by atoms with Crippen LogP contribution in [0.2, 0.25) is 0 Å². The van der Waals surface area contributed by atoms with Crippen molar-refractivity contribution in [1.29, 1.82) is 0 Å². The number of amides is 1. The van der Waals surface area contributed by atoms with Gasteiger partial charge in [0.15, 0.2) is 0 Å². The number of aromatic nitrogens is 2. The summed E-state index contributed by atoms with van der Waals surface area (Å²) < 4.78 is 1.92. The summed E-state index contributed by atoms with van der Waals surface area (Å²) in [6, 6.07) is 7.85. The first kappa shape index (κ1) is 13.4. The molecule has 0 saturated carbocycles. The Morgan fingerprint density at radius 1 is 1.32 bits per heavy atom. The van der Waals surface area contributed by atoms with Crippen LogP contribution in [0.1, 0.15) is 20.3 Å². The summed E-state index contributed by atoms with van der Waals surface area (Å²) in [6.07, 6.45) is 0.941. The number of hydrogen-bond donors (Lipinski definition) is 2. The van der Waals surface area contributed by atoms with Crippen molar-refractivity contribution in [3.05, 3.63) is 24.3 Å². The smallest absolute Gasteiger partial charge is 0.240 e. The van der Waals surface area contributed by atoms with Crippen LogP contribution in [-0.2, 0) is 11.3 Å². The highest BCUT2D eigenvalue weighted by molar-refractivity contribution is 5.83. The van der Waals surface area contributed by atoms with Gasteiger partial charge in [0.25, 0.3) is 0 Å². The van der Waals surface area contributed by atoms with Gasteiger partial charge in [-0.05, 0) is 25.5 Å². The van der Waals surface area contributed by atoms with E-state index in [-0.39, 0.29) is 5.91 Å². The maximum atomic E-state index is 11.9. The Hall–Kier alpha value is -2.04. The predicted molar refractivity (Wildman–Crippen MR) is 77.2 cm³/mol. The molecular weight excluding hydrogens is 240 g/mol. The van der Waals surface area contributed by atoms with E-state index in [2.05, 4.69) is 15.6 Å². The average Bonchev–Trinajstić information content (AvgIpc) is 2.75. The number of benzene rings is 1. The quantitative estimate of drug-likeness (QED) is 0.835. The zero-order valence-electron chi connectivity index (χ0n) is 11.4. The van der Waals surface area contributed by atoms with Gasteiger partial charge in [-0.2, -0.15) is 0 Å². The SMILES string of the molecule is CCCNC(=O)Cn1c(NCC)nc2ccccc21. The number of imidazole rings is 1. The molecule has 0 aliphatic carbocycles. The van der Waals surface area contributed by atoms with Crippen LogP contribution in [0.4, 0.5) is 5.95 Å². The molecule has 0 fully saturated rings. The molecule has 5 nitrogen and oxygen atoms in total. The molecule has 102 valence electrons. The van der Waals surface area contributed by atoms with Crippen molar-refractivity contribution < 1.29 is 4.79 Å². The maximum Gasteiger partial charge on any atom is 0.240 e. The minimum Gasteiger partial charge on any atom is -0.356 e. The lowest BCUT2D eigenvalue weighted by Gasteiger charge is -2.09. The number of anilines is 1. The van der Waals surface area contributed by atoms with Crippen molar-refractivity contribution in [2.75, 3.05) is 18.4 Å². The zero-order valence-corrected chi connectivity index (χ0v) is 11.4. The Balaban J connectivity index is 2.28. The molecule has 0 aliphatic heterocycles. The molecule has 2 rings (SSSR count). The second-order valence-electron chi connectivity index (χ2n) is 4.39. The Kier molecular flexibility index (Phi) is 4.39. The van der Waals surface area contributed by atoms with Crippen LogP contribution in [0.5, 0.6) is 0 Å². The molecule has 0 radical (unpaired) electrons. The summed E-state index contributed by atoms with van der Waals surface area (Å²) in [6.45, 7) is 5.84. The fourth-order valence-electron chi connectivity index (χ4n) is 1.99. The highest BCUT2D eigenvalue weighted by Crippen LogP contribution is 2.19. The second-order valence-corrected chi connectivity index (χ2v) is 4.39. The lowest BCUT2D eigenvalue weighted by molar-refractivity contribution is -0.121. The minimum atomic E-state index is 0.0177. The van der Waals surface area contributed by atoms with Crippen molar-refractivity contribution in [3.63, 3.8) is 0 Å². The van der Waals surface area contributed by atoms with E-state index in [9.17, 15) is 4.79 Å². The Morgan fingerprint density at radius 3 is 2.84 bits per heavy atom. The van der Waals surface area contributed by atoms with Crippen LogP contribution in [0, 0.1) is 0 Å². The van der Waals surface area contributed by atoms with Gasteiger partial charge in [0.1, 0.15) is 6.54 Å².